The number of aliphatic hydroxyl groups is 7. The molecular formula is C55H86O15. The molecule has 11 atom stereocenters. The van der Waals surface area contributed by atoms with Crippen molar-refractivity contribution in [2.24, 2.45) is 0 Å². The van der Waals surface area contributed by atoms with Gasteiger partial charge in [0, 0.05) is 12.8 Å². The van der Waals surface area contributed by atoms with Crippen LogP contribution in [0, 0.1) is 0 Å². The molecule has 2 fully saturated rings. The smallest absolute Gasteiger partial charge is 0.306 e. The van der Waals surface area contributed by atoms with E-state index in [9.17, 15) is 45.3 Å². The van der Waals surface area contributed by atoms with Gasteiger partial charge in [-0.2, -0.15) is 0 Å². The normalized spacial score (nSPS) is 26.3. The van der Waals surface area contributed by atoms with Crippen molar-refractivity contribution < 1.29 is 73.8 Å². The van der Waals surface area contributed by atoms with E-state index >= 15 is 0 Å². The van der Waals surface area contributed by atoms with Crippen LogP contribution in [0.5, 0.6) is 0 Å². The molecule has 0 aliphatic carbocycles. The quantitative estimate of drug-likeness (QED) is 0.0142. The highest BCUT2D eigenvalue weighted by molar-refractivity contribution is 5.70. The molecule has 0 aromatic carbocycles. The number of carbonyl (C=O) groups excluding carboxylic acids is 2. The van der Waals surface area contributed by atoms with Gasteiger partial charge in [-0.15, -0.1) is 0 Å². The van der Waals surface area contributed by atoms with E-state index in [1.54, 1.807) is 0 Å². The monoisotopic (exact) mass is 987 g/mol. The lowest BCUT2D eigenvalue weighted by Crippen LogP contribution is -2.61. The predicted octanol–water partition coefficient (Wildman–Crippen LogP) is 7.15. The second-order valence-corrected chi connectivity index (χ2v) is 17.3. The van der Waals surface area contributed by atoms with Crippen LogP contribution in [0.3, 0.4) is 0 Å². The molecule has 2 aliphatic rings. The van der Waals surface area contributed by atoms with E-state index in [1.165, 1.54) is 19.3 Å². The summed E-state index contributed by atoms with van der Waals surface area (Å²) in [7, 11) is 0. The van der Waals surface area contributed by atoms with Crippen LogP contribution in [0.1, 0.15) is 129 Å². The zero-order chi connectivity index (χ0) is 51.0. The highest BCUT2D eigenvalue weighted by atomic mass is 16.7. The molecular weight excluding hydrogens is 901 g/mol. The third-order valence-electron chi connectivity index (χ3n) is 11.3. The molecule has 0 aromatic rings. The lowest BCUT2D eigenvalue weighted by Gasteiger charge is -2.42. The number of hydrogen-bond donors (Lipinski definition) is 7. The number of ether oxygens (including phenoxy) is 6. The Bertz CT molecular complexity index is 1630. The van der Waals surface area contributed by atoms with Crippen molar-refractivity contribution in [3.8, 4) is 0 Å². The van der Waals surface area contributed by atoms with Crippen LogP contribution in [-0.4, -0.2) is 142 Å². The summed E-state index contributed by atoms with van der Waals surface area (Å²) in [5.74, 6) is -1.06. The topological polar surface area (TPSA) is 231 Å². The summed E-state index contributed by atoms with van der Waals surface area (Å²) in [4.78, 5) is 25.7. The summed E-state index contributed by atoms with van der Waals surface area (Å²) in [6.45, 7) is 2.29. The van der Waals surface area contributed by atoms with Gasteiger partial charge in [-0.25, -0.2) is 0 Å². The minimum atomic E-state index is -1.79. The van der Waals surface area contributed by atoms with Crippen molar-refractivity contribution in [1.29, 1.82) is 0 Å². The van der Waals surface area contributed by atoms with Crippen molar-refractivity contribution in [2.45, 2.75) is 197 Å². The Morgan fingerprint density at radius 2 is 0.986 bits per heavy atom. The van der Waals surface area contributed by atoms with E-state index in [-0.39, 0.29) is 19.4 Å². The third-order valence-corrected chi connectivity index (χ3v) is 11.3. The number of aliphatic hydroxyl groups excluding tert-OH is 7. The molecule has 396 valence electrons. The zero-order valence-corrected chi connectivity index (χ0v) is 41.7. The Labute approximate surface area is 417 Å². The Morgan fingerprint density at radius 1 is 0.486 bits per heavy atom. The van der Waals surface area contributed by atoms with Gasteiger partial charge in [0.1, 0.15) is 55.4 Å². The first-order valence-electron chi connectivity index (χ1n) is 25.5. The summed E-state index contributed by atoms with van der Waals surface area (Å²) in [6.07, 6.45) is 35.5. The molecule has 2 aliphatic heterocycles. The maximum atomic E-state index is 13.0. The van der Waals surface area contributed by atoms with Crippen LogP contribution in [0.4, 0.5) is 0 Å². The maximum Gasteiger partial charge on any atom is 0.306 e. The van der Waals surface area contributed by atoms with Gasteiger partial charge in [0.2, 0.25) is 0 Å². The number of hydrogen-bond acceptors (Lipinski definition) is 15. The van der Waals surface area contributed by atoms with Gasteiger partial charge in [0.25, 0.3) is 0 Å². The Hall–Kier alpha value is -3.84. The number of unbranched alkanes of at least 4 members (excludes halogenated alkanes) is 8. The maximum absolute atomic E-state index is 13.0. The summed E-state index contributed by atoms with van der Waals surface area (Å²) in [6, 6.07) is 0. The molecule has 0 aromatic heterocycles. The second kappa shape index (κ2) is 40.7. The Morgan fingerprint density at radius 3 is 1.60 bits per heavy atom. The Balaban J connectivity index is 1.86. The minimum absolute atomic E-state index is 0.0814. The molecule has 0 spiro atoms. The fourth-order valence-corrected chi connectivity index (χ4v) is 7.15. The lowest BCUT2D eigenvalue weighted by molar-refractivity contribution is -0.332. The van der Waals surface area contributed by atoms with E-state index in [2.05, 4.69) is 74.6 Å². The summed E-state index contributed by atoms with van der Waals surface area (Å²) >= 11 is 0. The number of esters is 2. The fourth-order valence-electron chi connectivity index (χ4n) is 7.15. The molecule has 0 amide bonds. The molecule has 4 unspecified atom stereocenters. The standard InChI is InChI=1S/C55H86O15/c1-3-5-7-9-11-13-15-17-19-20-21-22-24-25-27-29-31-33-35-37-46(57)65-40-43(68-47(58)38-36-34-32-30-28-26-23-18-16-14-12-10-8-6-4-2)41-66-54-53(64)51(62)49(60)45(70-54)42-67-55-52(63)50(61)48(59)44(39-56)69-55/h6,8,10-14,16-19,21-23,25,27,31,33,43-45,48-56,59-64H,3-5,7,9,15,20,24,26,28-30,32,34-42H2,1-2H3/b8-6+,12-10+,13-11+,16-14+,19-17+,22-21+,23-18+,27-25+,33-31+/t43-,44+,45+,48-,49-,50?,51?,52?,53?,54+,55+/m0/s1. The first-order chi connectivity index (χ1) is 34.0. The number of carbonyl (C=O) groups is 2. The van der Waals surface area contributed by atoms with Crippen molar-refractivity contribution in [2.75, 3.05) is 26.4 Å². The van der Waals surface area contributed by atoms with E-state index in [1.807, 2.05) is 48.6 Å². The summed E-state index contributed by atoms with van der Waals surface area (Å²) in [5.41, 5.74) is 0. The van der Waals surface area contributed by atoms with E-state index < -0.39 is 99.3 Å². The van der Waals surface area contributed by atoms with E-state index in [0.29, 0.717) is 12.8 Å². The van der Waals surface area contributed by atoms with Crippen LogP contribution in [0.25, 0.3) is 0 Å². The first kappa shape index (κ1) is 62.3. The Kier molecular flexibility index (Phi) is 36.2. The van der Waals surface area contributed by atoms with Crippen molar-refractivity contribution in [1.82, 2.24) is 0 Å². The molecule has 0 bridgehead atoms. The molecule has 0 radical (unpaired) electrons. The van der Waals surface area contributed by atoms with E-state index in [0.717, 1.165) is 70.6 Å². The number of rotatable bonds is 37. The number of allylic oxidation sites excluding steroid dienone is 18. The SMILES string of the molecule is CC/C=C/C=C/C=C/C=C/CCCCCCCC(=O)O[C@@H](COC(=O)CC/C=C/C/C=C/C/C=C/C/C=C/C/C=C/CCCCC)CO[C@@H]1O[C@H](CO[C@@H]2O[C@H](CO)[C@H](O)C(O)C2O)[C@H](O)C(O)C1O. The molecule has 2 heterocycles. The average molecular weight is 987 g/mol. The molecule has 70 heavy (non-hydrogen) atoms. The highest BCUT2D eigenvalue weighted by Crippen LogP contribution is 2.26. The first-order valence-corrected chi connectivity index (χ1v) is 25.5. The fraction of sp³-hybridized carbons (Fsp3) is 0.636. The van der Waals surface area contributed by atoms with Crippen LogP contribution < -0.4 is 0 Å². The minimum Gasteiger partial charge on any atom is -0.462 e. The van der Waals surface area contributed by atoms with Crippen molar-refractivity contribution in [3.63, 3.8) is 0 Å². The van der Waals surface area contributed by atoms with Gasteiger partial charge in [-0.1, -0.05) is 155 Å². The van der Waals surface area contributed by atoms with Crippen molar-refractivity contribution in [3.05, 3.63) is 109 Å². The van der Waals surface area contributed by atoms with Gasteiger partial charge < -0.3 is 64.2 Å². The van der Waals surface area contributed by atoms with Crippen LogP contribution >= 0.6 is 0 Å². The van der Waals surface area contributed by atoms with Crippen molar-refractivity contribution >= 4 is 11.9 Å². The average Bonchev–Trinajstić information content (AvgIpc) is 3.35. The summed E-state index contributed by atoms with van der Waals surface area (Å²) in [5, 5.41) is 72.1. The molecule has 15 nitrogen and oxygen atoms in total. The predicted molar refractivity (Wildman–Crippen MR) is 270 cm³/mol. The van der Waals surface area contributed by atoms with Crippen LogP contribution in [-0.2, 0) is 38.0 Å². The van der Waals surface area contributed by atoms with E-state index in [4.69, 9.17) is 28.4 Å². The molecule has 2 saturated heterocycles. The van der Waals surface area contributed by atoms with Gasteiger partial charge in [0.05, 0.1) is 19.8 Å². The molecule has 15 heteroatoms. The highest BCUT2D eigenvalue weighted by Gasteiger charge is 2.47. The second-order valence-electron chi connectivity index (χ2n) is 17.3. The van der Waals surface area contributed by atoms with Crippen LogP contribution in [0.15, 0.2) is 109 Å². The lowest BCUT2D eigenvalue weighted by atomic mass is 9.98. The van der Waals surface area contributed by atoms with Crippen LogP contribution in [0.2, 0.25) is 0 Å². The summed E-state index contributed by atoms with van der Waals surface area (Å²) < 4.78 is 33.4. The molecule has 2 rings (SSSR count). The third kappa shape index (κ3) is 28.3. The largest absolute Gasteiger partial charge is 0.462 e. The molecule has 0 saturated carbocycles. The zero-order valence-electron chi connectivity index (χ0n) is 41.7. The van der Waals surface area contributed by atoms with Gasteiger partial charge in [0.15, 0.2) is 18.7 Å². The molecule has 7 N–H and O–H groups in total. The van der Waals surface area contributed by atoms with Gasteiger partial charge in [-0.05, 0) is 70.6 Å². The van der Waals surface area contributed by atoms with Gasteiger partial charge >= 0.3 is 11.9 Å². The van der Waals surface area contributed by atoms with Gasteiger partial charge in [-0.3, -0.25) is 9.59 Å².